The third-order valence-electron chi connectivity index (χ3n) is 5.64. The van der Waals surface area contributed by atoms with Crippen molar-refractivity contribution >= 4 is 11.6 Å². The minimum absolute atomic E-state index is 0.337. The van der Waals surface area contributed by atoms with E-state index in [2.05, 4.69) is 53.9 Å². The van der Waals surface area contributed by atoms with E-state index in [1.165, 1.54) is 5.56 Å². The van der Waals surface area contributed by atoms with Crippen molar-refractivity contribution in [3.8, 4) is 5.75 Å². The summed E-state index contributed by atoms with van der Waals surface area (Å²) in [4.78, 5) is 13.5. The summed E-state index contributed by atoms with van der Waals surface area (Å²) in [5.74, 6) is 2.32. The van der Waals surface area contributed by atoms with Crippen LogP contribution in [-0.4, -0.2) is 65.3 Å². The SMILES string of the molecule is CN=C(NCCc1nccn1Cc1ccccc1)N1CCN(c2ccccc2O)CC1. The van der Waals surface area contributed by atoms with Gasteiger partial charge in [-0.25, -0.2) is 4.98 Å². The van der Waals surface area contributed by atoms with Gasteiger partial charge in [0, 0.05) is 65.1 Å². The molecule has 1 aliphatic rings. The second kappa shape index (κ2) is 10.0. The van der Waals surface area contributed by atoms with Gasteiger partial charge in [0.1, 0.15) is 11.6 Å². The predicted octanol–water partition coefficient (Wildman–Crippen LogP) is 2.58. The first-order chi connectivity index (χ1) is 15.2. The molecule has 162 valence electrons. The van der Waals surface area contributed by atoms with Crippen LogP contribution < -0.4 is 10.2 Å². The van der Waals surface area contributed by atoms with Gasteiger partial charge in [0.2, 0.25) is 0 Å². The van der Waals surface area contributed by atoms with Crippen LogP contribution in [0.25, 0.3) is 0 Å². The van der Waals surface area contributed by atoms with Gasteiger partial charge in [0.25, 0.3) is 0 Å². The Kier molecular flexibility index (Phi) is 6.72. The number of anilines is 1. The van der Waals surface area contributed by atoms with E-state index in [4.69, 9.17) is 0 Å². The van der Waals surface area contributed by atoms with E-state index in [-0.39, 0.29) is 0 Å². The first-order valence-electron chi connectivity index (χ1n) is 10.8. The molecular formula is C24H30N6O. The quantitative estimate of drug-likeness (QED) is 0.476. The van der Waals surface area contributed by atoms with Crippen LogP contribution in [0.4, 0.5) is 5.69 Å². The van der Waals surface area contributed by atoms with Gasteiger partial charge in [-0.2, -0.15) is 0 Å². The Morgan fingerprint density at radius 2 is 1.77 bits per heavy atom. The number of aromatic nitrogens is 2. The summed E-state index contributed by atoms with van der Waals surface area (Å²) in [7, 11) is 1.83. The molecule has 2 heterocycles. The van der Waals surface area contributed by atoms with Crippen LogP contribution in [-0.2, 0) is 13.0 Å². The van der Waals surface area contributed by atoms with E-state index in [0.29, 0.717) is 5.75 Å². The second-order valence-electron chi connectivity index (χ2n) is 7.64. The lowest BCUT2D eigenvalue weighted by Gasteiger charge is -2.37. The van der Waals surface area contributed by atoms with Crippen LogP contribution in [0.3, 0.4) is 0 Å². The molecule has 0 amide bonds. The minimum Gasteiger partial charge on any atom is -0.506 e. The van der Waals surface area contributed by atoms with Gasteiger partial charge in [-0.3, -0.25) is 4.99 Å². The summed E-state index contributed by atoms with van der Waals surface area (Å²) in [5.41, 5.74) is 2.17. The molecule has 0 atom stereocenters. The highest BCUT2D eigenvalue weighted by Gasteiger charge is 2.21. The molecule has 1 aliphatic heterocycles. The van der Waals surface area contributed by atoms with E-state index in [1.807, 2.05) is 43.7 Å². The second-order valence-corrected chi connectivity index (χ2v) is 7.64. The zero-order valence-electron chi connectivity index (χ0n) is 18.0. The molecule has 1 fully saturated rings. The number of phenols is 1. The van der Waals surface area contributed by atoms with Crippen LogP contribution in [0.2, 0.25) is 0 Å². The zero-order valence-corrected chi connectivity index (χ0v) is 18.0. The Hall–Kier alpha value is -3.48. The topological polar surface area (TPSA) is 68.9 Å². The first kappa shape index (κ1) is 20.8. The summed E-state index contributed by atoms with van der Waals surface area (Å²) < 4.78 is 2.20. The molecule has 3 aromatic rings. The fraction of sp³-hybridized carbons (Fsp3) is 0.333. The van der Waals surface area contributed by atoms with Crippen molar-refractivity contribution in [2.75, 3.05) is 44.7 Å². The van der Waals surface area contributed by atoms with Gasteiger partial charge >= 0.3 is 0 Å². The van der Waals surface area contributed by atoms with Gasteiger partial charge in [-0.15, -0.1) is 0 Å². The highest BCUT2D eigenvalue weighted by Crippen LogP contribution is 2.27. The number of piperazine rings is 1. The lowest BCUT2D eigenvalue weighted by Crippen LogP contribution is -2.52. The van der Waals surface area contributed by atoms with Crippen molar-refractivity contribution in [3.05, 3.63) is 78.4 Å². The molecule has 0 unspecified atom stereocenters. The van der Waals surface area contributed by atoms with E-state index >= 15 is 0 Å². The normalized spacial score (nSPS) is 14.7. The number of benzene rings is 2. The number of rotatable bonds is 6. The van der Waals surface area contributed by atoms with Crippen LogP contribution in [0.1, 0.15) is 11.4 Å². The van der Waals surface area contributed by atoms with Gasteiger partial charge < -0.3 is 24.8 Å². The Bertz CT molecular complexity index is 992. The molecule has 1 aromatic heterocycles. The number of phenolic OH excluding ortho intramolecular Hbond substituents is 1. The Morgan fingerprint density at radius 3 is 2.52 bits per heavy atom. The smallest absolute Gasteiger partial charge is 0.193 e. The van der Waals surface area contributed by atoms with Gasteiger partial charge in [-0.1, -0.05) is 42.5 Å². The molecular weight excluding hydrogens is 388 g/mol. The van der Waals surface area contributed by atoms with E-state index in [0.717, 1.165) is 63.2 Å². The standard InChI is InChI=1S/C24H30N6O/c1-25-24(29-17-15-28(16-18-29)21-9-5-6-10-22(21)31)27-12-11-23-26-13-14-30(23)19-20-7-3-2-4-8-20/h2-10,13-14,31H,11-12,15-19H2,1H3,(H,25,27). The van der Waals surface area contributed by atoms with E-state index in [1.54, 1.807) is 6.07 Å². The third-order valence-corrected chi connectivity index (χ3v) is 5.64. The number of hydrogen-bond acceptors (Lipinski definition) is 4. The maximum atomic E-state index is 10.1. The number of aromatic hydroxyl groups is 1. The van der Waals surface area contributed by atoms with Crippen molar-refractivity contribution in [2.45, 2.75) is 13.0 Å². The highest BCUT2D eigenvalue weighted by molar-refractivity contribution is 5.80. The number of nitrogens with zero attached hydrogens (tertiary/aromatic N) is 5. The largest absolute Gasteiger partial charge is 0.506 e. The number of guanidine groups is 1. The van der Waals surface area contributed by atoms with Crippen LogP contribution in [0.15, 0.2) is 72.0 Å². The summed E-state index contributed by atoms with van der Waals surface area (Å²) in [6.45, 7) is 5.02. The predicted molar refractivity (Wildman–Crippen MR) is 125 cm³/mol. The van der Waals surface area contributed by atoms with Crippen LogP contribution in [0.5, 0.6) is 5.75 Å². The average Bonchev–Trinajstić information content (AvgIpc) is 3.25. The number of imidazole rings is 1. The molecule has 7 nitrogen and oxygen atoms in total. The van der Waals surface area contributed by atoms with Crippen molar-refractivity contribution in [2.24, 2.45) is 4.99 Å². The molecule has 0 radical (unpaired) electrons. The lowest BCUT2D eigenvalue weighted by molar-refractivity contribution is 0.370. The molecule has 1 saturated heterocycles. The van der Waals surface area contributed by atoms with Crippen molar-refractivity contribution in [3.63, 3.8) is 0 Å². The summed E-state index contributed by atoms with van der Waals surface area (Å²) >= 11 is 0. The molecule has 0 bridgehead atoms. The minimum atomic E-state index is 0.337. The van der Waals surface area contributed by atoms with Gasteiger partial charge in [-0.05, 0) is 17.7 Å². The molecule has 31 heavy (non-hydrogen) atoms. The fourth-order valence-corrected chi connectivity index (χ4v) is 4.00. The molecule has 2 aromatic carbocycles. The third kappa shape index (κ3) is 5.17. The monoisotopic (exact) mass is 418 g/mol. The van der Waals surface area contributed by atoms with Crippen molar-refractivity contribution < 1.29 is 5.11 Å². The van der Waals surface area contributed by atoms with Gasteiger partial charge in [0.15, 0.2) is 5.96 Å². The fourth-order valence-electron chi connectivity index (χ4n) is 4.00. The number of aliphatic imine (C=N–C) groups is 1. The van der Waals surface area contributed by atoms with Crippen molar-refractivity contribution in [1.29, 1.82) is 0 Å². The Morgan fingerprint density at radius 1 is 1.03 bits per heavy atom. The zero-order chi connectivity index (χ0) is 21.5. The highest BCUT2D eigenvalue weighted by atomic mass is 16.3. The number of para-hydroxylation sites is 2. The lowest BCUT2D eigenvalue weighted by atomic mass is 10.2. The van der Waals surface area contributed by atoms with Crippen LogP contribution >= 0.6 is 0 Å². The van der Waals surface area contributed by atoms with E-state index < -0.39 is 0 Å². The molecule has 0 spiro atoms. The molecule has 0 saturated carbocycles. The Balaban J connectivity index is 1.27. The average molecular weight is 419 g/mol. The Labute approximate surface area is 183 Å². The molecule has 7 heteroatoms. The molecule has 2 N–H and O–H groups in total. The maximum Gasteiger partial charge on any atom is 0.193 e. The van der Waals surface area contributed by atoms with Crippen molar-refractivity contribution in [1.82, 2.24) is 19.8 Å². The van der Waals surface area contributed by atoms with E-state index in [9.17, 15) is 5.11 Å². The molecule has 4 rings (SSSR count). The summed E-state index contributed by atoms with van der Waals surface area (Å²) in [5, 5.41) is 13.6. The molecule has 0 aliphatic carbocycles. The number of nitrogens with one attached hydrogen (secondary N) is 1. The summed E-state index contributed by atoms with van der Waals surface area (Å²) in [6.07, 6.45) is 4.73. The van der Waals surface area contributed by atoms with Crippen LogP contribution in [0, 0.1) is 0 Å². The summed E-state index contributed by atoms with van der Waals surface area (Å²) in [6, 6.07) is 18.0. The maximum absolute atomic E-state index is 10.1. The van der Waals surface area contributed by atoms with Gasteiger partial charge in [0.05, 0.1) is 5.69 Å². The first-order valence-corrected chi connectivity index (χ1v) is 10.8. The number of hydrogen-bond donors (Lipinski definition) is 2.